The number of ether oxygens (including phenoxy) is 1. The van der Waals surface area contributed by atoms with Gasteiger partial charge in [0.05, 0.1) is 14.1 Å². The van der Waals surface area contributed by atoms with Gasteiger partial charge in [-0.05, 0) is 37.1 Å². The van der Waals surface area contributed by atoms with Crippen LogP contribution in [-0.4, -0.2) is 50.3 Å². The molecule has 0 saturated carbocycles. The molecule has 0 saturated heterocycles. The van der Waals surface area contributed by atoms with Gasteiger partial charge in [-0.1, -0.05) is 36.4 Å². The van der Waals surface area contributed by atoms with E-state index in [0.717, 1.165) is 16.8 Å². The van der Waals surface area contributed by atoms with Crippen molar-refractivity contribution in [1.29, 1.82) is 0 Å². The van der Waals surface area contributed by atoms with Crippen LogP contribution in [0.1, 0.15) is 11.1 Å². The van der Waals surface area contributed by atoms with Gasteiger partial charge in [-0.2, -0.15) is 0 Å². The molecule has 0 fully saturated rings. The van der Waals surface area contributed by atoms with Crippen molar-refractivity contribution in [3.05, 3.63) is 59.7 Å². The number of amides is 2. The highest BCUT2D eigenvalue weighted by Gasteiger charge is 2.21. The first-order valence-corrected chi connectivity index (χ1v) is 8.94. The van der Waals surface area contributed by atoms with Crippen LogP contribution in [0.2, 0.25) is 0 Å². The number of likely N-dealkylation sites (N-methyl/N-ethyl adjacent to an activating group) is 1. The molecule has 0 spiro atoms. The van der Waals surface area contributed by atoms with E-state index in [1.165, 1.54) is 0 Å². The predicted molar refractivity (Wildman–Crippen MR) is 108 cm³/mol. The maximum atomic E-state index is 12.4. The second-order valence-electron chi connectivity index (χ2n) is 7.26. The van der Waals surface area contributed by atoms with Gasteiger partial charge in [0, 0.05) is 11.4 Å². The lowest BCUT2D eigenvalue weighted by Crippen LogP contribution is -2.47. The molecule has 6 heteroatoms. The summed E-state index contributed by atoms with van der Waals surface area (Å²) in [6, 6.07) is 15.1. The third-order valence-corrected chi connectivity index (χ3v) is 4.27. The number of rotatable bonds is 7. The molecule has 2 N–H and O–H groups in total. The molecule has 0 aliphatic rings. The van der Waals surface area contributed by atoms with E-state index >= 15 is 0 Å². The Morgan fingerprint density at radius 3 is 2.19 bits per heavy atom. The number of hydrogen-bond acceptors (Lipinski definition) is 3. The molecule has 6 nitrogen and oxygen atoms in total. The predicted octanol–water partition coefficient (Wildman–Crippen LogP) is 3.57. The molecule has 2 aromatic carbocycles. The molecule has 0 heterocycles. The van der Waals surface area contributed by atoms with Crippen LogP contribution >= 0.6 is 0 Å². The fraction of sp³-hybridized carbons (Fsp3) is 0.333. The van der Waals surface area contributed by atoms with E-state index in [1.54, 1.807) is 12.1 Å². The Hall–Kier alpha value is -2.86. The number of anilines is 2. The minimum Gasteiger partial charge on any atom is -0.443 e. The van der Waals surface area contributed by atoms with Crippen LogP contribution in [0.4, 0.5) is 16.2 Å². The number of para-hydroxylation sites is 2. The topological polar surface area (TPSA) is 67.4 Å². The van der Waals surface area contributed by atoms with E-state index in [0.29, 0.717) is 16.7 Å². The second kappa shape index (κ2) is 9.19. The van der Waals surface area contributed by atoms with E-state index in [9.17, 15) is 9.59 Å². The van der Waals surface area contributed by atoms with E-state index in [-0.39, 0.29) is 19.1 Å². The molecular weight excluding hydrogens is 342 g/mol. The van der Waals surface area contributed by atoms with Gasteiger partial charge in [0.25, 0.3) is 5.91 Å². The molecule has 144 valence electrons. The third kappa shape index (κ3) is 6.75. The van der Waals surface area contributed by atoms with Crippen molar-refractivity contribution in [2.75, 3.05) is 44.4 Å². The van der Waals surface area contributed by atoms with Crippen molar-refractivity contribution < 1.29 is 18.8 Å². The standard InChI is InChI=1S/C21H27N3O3/c1-16-9-8-10-17(2)20(16)23-19(25)15-24(3,4)13-14-27-21(26)22-18-11-6-5-7-12-18/h5-12H,13-15H2,1-4H3,(H-,22,23,25,26)/p+1. The number of aryl methyl sites for hydroxylation is 2. The molecule has 27 heavy (non-hydrogen) atoms. The van der Waals surface area contributed by atoms with Crippen LogP contribution in [-0.2, 0) is 9.53 Å². The van der Waals surface area contributed by atoms with Crippen molar-refractivity contribution in [2.24, 2.45) is 0 Å². The van der Waals surface area contributed by atoms with Crippen molar-refractivity contribution in [3.8, 4) is 0 Å². The van der Waals surface area contributed by atoms with Gasteiger partial charge in [0.15, 0.2) is 6.54 Å². The fourth-order valence-electron chi connectivity index (χ4n) is 2.72. The van der Waals surface area contributed by atoms with Crippen molar-refractivity contribution in [3.63, 3.8) is 0 Å². The average molecular weight is 370 g/mol. The van der Waals surface area contributed by atoms with Crippen LogP contribution in [0, 0.1) is 13.8 Å². The largest absolute Gasteiger partial charge is 0.443 e. The van der Waals surface area contributed by atoms with Crippen LogP contribution in [0.15, 0.2) is 48.5 Å². The van der Waals surface area contributed by atoms with Gasteiger partial charge in [-0.15, -0.1) is 0 Å². The van der Waals surface area contributed by atoms with Gasteiger partial charge in [0.2, 0.25) is 0 Å². The number of carbonyl (C=O) groups excluding carboxylic acids is 2. The highest BCUT2D eigenvalue weighted by atomic mass is 16.5. The monoisotopic (exact) mass is 370 g/mol. The first kappa shape index (κ1) is 20.5. The summed E-state index contributed by atoms with van der Waals surface area (Å²) in [6.07, 6.45) is -0.499. The number of carbonyl (C=O) groups is 2. The Morgan fingerprint density at radius 2 is 1.56 bits per heavy atom. The lowest BCUT2D eigenvalue weighted by Gasteiger charge is -2.29. The first-order valence-electron chi connectivity index (χ1n) is 8.94. The Bertz CT molecular complexity index is 768. The Morgan fingerprint density at radius 1 is 0.926 bits per heavy atom. The molecule has 2 amide bonds. The number of hydrogen-bond donors (Lipinski definition) is 2. The number of benzene rings is 2. The van der Waals surface area contributed by atoms with Crippen molar-refractivity contribution >= 4 is 23.4 Å². The van der Waals surface area contributed by atoms with Gasteiger partial charge in [0.1, 0.15) is 13.2 Å². The summed E-state index contributed by atoms with van der Waals surface area (Å²) < 4.78 is 5.63. The zero-order chi connectivity index (χ0) is 19.9. The summed E-state index contributed by atoms with van der Waals surface area (Å²) in [4.78, 5) is 24.2. The van der Waals surface area contributed by atoms with E-state index in [2.05, 4.69) is 10.6 Å². The summed E-state index contributed by atoms with van der Waals surface area (Å²) in [6.45, 7) is 4.99. The van der Waals surface area contributed by atoms with Crippen LogP contribution in [0.25, 0.3) is 0 Å². The molecule has 0 aromatic heterocycles. The van der Waals surface area contributed by atoms with Crippen LogP contribution in [0.5, 0.6) is 0 Å². The molecule has 0 aliphatic heterocycles. The molecule has 2 rings (SSSR count). The Kier molecular flexibility index (Phi) is 6.96. The van der Waals surface area contributed by atoms with Crippen LogP contribution in [0.3, 0.4) is 0 Å². The molecular formula is C21H28N3O3+. The quantitative estimate of drug-likeness (QED) is 0.732. The minimum absolute atomic E-state index is 0.0638. The minimum atomic E-state index is -0.499. The zero-order valence-corrected chi connectivity index (χ0v) is 16.4. The zero-order valence-electron chi connectivity index (χ0n) is 16.4. The molecule has 0 unspecified atom stereocenters. The lowest BCUT2D eigenvalue weighted by atomic mass is 10.1. The highest BCUT2D eigenvalue weighted by molar-refractivity contribution is 5.93. The summed E-state index contributed by atoms with van der Waals surface area (Å²) in [5.41, 5.74) is 3.62. The third-order valence-electron chi connectivity index (χ3n) is 4.27. The molecule has 0 bridgehead atoms. The second-order valence-corrected chi connectivity index (χ2v) is 7.26. The highest BCUT2D eigenvalue weighted by Crippen LogP contribution is 2.19. The smallest absolute Gasteiger partial charge is 0.411 e. The Labute approximate surface area is 160 Å². The summed E-state index contributed by atoms with van der Waals surface area (Å²) >= 11 is 0. The van der Waals surface area contributed by atoms with E-state index < -0.39 is 6.09 Å². The Balaban J connectivity index is 1.78. The van der Waals surface area contributed by atoms with Gasteiger partial charge in [-0.25, -0.2) is 4.79 Å². The maximum absolute atomic E-state index is 12.4. The summed E-state index contributed by atoms with van der Waals surface area (Å²) in [5, 5.41) is 5.66. The molecule has 0 radical (unpaired) electrons. The first-order chi connectivity index (χ1) is 12.8. The van der Waals surface area contributed by atoms with Gasteiger partial charge < -0.3 is 14.5 Å². The fourth-order valence-corrected chi connectivity index (χ4v) is 2.72. The maximum Gasteiger partial charge on any atom is 0.411 e. The number of quaternary nitrogens is 1. The lowest BCUT2D eigenvalue weighted by molar-refractivity contribution is -0.882. The van der Waals surface area contributed by atoms with Crippen molar-refractivity contribution in [2.45, 2.75) is 13.8 Å². The summed E-state index contributed by atoms with van der Waals surface area (Å²) in [7, 11) is 3.87. The molecule has 0 atom stereocenters. The van der Waals surface area contributed by atoms with Crippen LogP contribution < -0.4 is 10.6 Å². The molecule has 2 aromatic rings. The molecule has 0 aliphatic carbocycles. The van der Waals surface area contributed by atoms with E-state index in [1.807, 2.05) is 64.3 Å². The SMILES string of the molecule is Cc1cccc(C)c1NC(=O)C[N+](C)(C)CCOC(=O)Nc1ccccc1. The number of nitrogens with one attached hydrogen (secondary N) is 2. The van der Waals surface area contributed by atoms with Gasteiger partial charge in [-0.3, -0.25) is 10.1 Å². The van der Waals surface area contributed by atoms with Crippen molar-refractivity contribution in [1.82, 2.24) is 0 Å². The van der Waals surface area contributed by atoms with E-state index in [4.69, 9.17) is 4.74 Å². The average Bonchev–Trinajstić information content (AvgIpc) is 2.58. The van der Waals surface area contributed by atoms with Gasteiger partial charge >= 0.3 is 6.09 Å². The normalized spacial score (nSPS) is 11.0. The number of nitrogens with zero attached hydrogens (tertiary/aromatic N) is 1. The summed E-state index contributed by atoms with van der Waals surface area (Å²) in [5.74, 6) is -0.0638.